The molecule has 29 heavy (non-hydrogen) atoms. The monoisotopic (exact) mass is 405 g/mol. The van der Waals surface area contributed by atoms with Crippen LogP contribution in [0.4, 0.5) is 5.69 Å². The number of hydrogen-bond donors (Lipinski definition) is 3. The Kier molecular flexibility index (Phi) is 4.64. The number of fused-ring (bicyclic) bond motifs is 1. The highest BCUT2D eigenvalue weighted by Gasteiger charge is 2.18. The molecule has 4 rings (SSSR count). The molecular formula is C23H19NO4S. The van der Waals surface area contributed by atoms with E-state index in [0.29, 0.717) is 27.6 Å². The summed E-state index contributed by atoms with van der Waals surface area (Å²) in [6.45, 7) is 1.89. The van der Waals surface area contributed by atoms with Gasteiger partial charge in [-0.2, -0.15) is 0 Å². The van der Waals surface area contributed by atoms with Crippen LogP contribution in [0.25, 0.3) is 21.9 Å². The Morgan fingerprint density at radius 1 is 0.724 bits per heavy atom. The van der Waals surface area contributed by atoms with Crippen LogP contribution in [0, 0.1) is 6.92 Å². The predicted molar refractivity (Wildman–Crippen MR) is 115 cm³/mol. The van der Waals surface area contributed by atoms with E-state index in [2.05, 4.69) is 4.72 Å². The van der Waals surface area contributed by atoms with E-state index < -0.39 is 10.0 Å². The normalized spacial score (nSPS) is 11.5. The molecule has 4 aromatic rings. The number of nitrogens with one attached hydrogen (secondary N) is 1. The molecule has 0 saturated carbocycles. The van der Waals surface area contributed by atoms with Crippen molar-refractivity contribution in [2.45, 2.75) is 11.8 Å². The van der Waals surface area contributed by atoms with Gasteiger partial charge >= 0.3 is 0 Å². The number of rotatable bonds is 4. The largest absolute Gasteiger partial charge is 0.507 e. The zero-order valence-electron chi connectivity index (χ0n) is 15.6. The van der Waals surface area contributed by atoms with Crippen molar-refractivity contribution in [2.75, 3.05) is 4.72 Å². The van der Waals surface area contributed by atoms with Gasteiger partial charge in [0.25, 0.3) is 10.0 Å². The molecule has 3 N–H and O–H groups in total. The van der Waals surface area contributed by atoms with Crippen molar-refractivity contribution in [1.82, 2.24) is 0 Å². The van der Waals surface area contributed by atoms with E-state index in [4.69, 9.17) is 0 Å². The van der Waals surface area contributed by atoms with Crippen LogP contribution < -0.4 is 4.72 Å². The second kappa shape index (κ2) is 7.14. The number of hydrogen-bond acceptors (Lipinski definition) is 4. The van der Waals surface area contributed by atoms with Gasteiger partial charge in [-0.3, -0.25) is 4.72 Å². The Morgan fingerprint density at radius 2 is 1.34 bits per heavy atom. The summed E-state index contributed by atoms with van der Waals surface area (Å²) >= 11 is 0. The van der Waals surface area contributed by atoms with Crippen LogP contribution in [0.3, 0.4) is 0 Å². The van der Waals surface area contributed by atoms with E-state index in [1.807, 2.05) is 19.1 Å². The number of aromatic hydroxyl groups is 2. The van der Waals surface area contributed by atoms with E-state index in [-0.39, 0.29) is 16.4 Å². The Labute approximate surface area is 168 Å². The maximum Gasteiger partial charge on any atom is 0.261 e. The molecule has 4 aromatic carbocycles. The fraction of sp³-hybridized carbons (Fsp3) is 0.0435. The van der Waals surface area contributed by atoms with Crippen molar-refractivity contribution in [2.24, 2.45) is 0 Å². The third-order valence-electron chi connectivity index (χ3n) is 4.79. The van der Waals surface area contributed by atoms with Crippen molar-refractivity contribution in [1.29, 1.82) is 0 Å². The van der Waals surface area contributed by atoms with Crippen LogP contribution in [0.15, 0.2) is 83.8 Å². The Hall–Kier alpha value is -3.51. The number of sulfonamides is 1. The van der Waals surface area contributed by atoms with Gasteiger partial charge in [0.15, 0.2) is 0 Å². The number of phenolic OH excluding ortho intramolecular Hbond substituents is 2. The summed E-state index contributed by atoms with van der Waals surface area (Å²) in [5.41, 5.74) is 2.30. The third-order valence-corrected chi connectivity index (χ3v) is 6.17. The zero-order chi connectivity index (χ0) is 20.6. The summed E-state index contributed by atoms with van der Waals surface area (Å²) in [5, 5.41) is 21.9. The Morgan fingerprint density at radius 3 is 2.00 bits per heavy atom. The first-order valence-corrected chi connectivity index (χ1v) is 10.5. The van der Waals surface area contributed by atoms with Crippen LogP contribution in [-0.2, 0) is 10.0 Å². The highest BCUT2D eigenvalue weighted by Crippen LogP contribution is 2.42. The zero-order valence-corrected chi connectivity index (χ0v) is 16.4. The average molecular weight is 405 g/mol. The van der Waals surface area contributed by atoms with Crippen molar-refractivity contribution in [3.05, 3.63) is 84.4 Å². The fourth-order valence-electron chi connectivity index (χ4n) is 3.33. The second-order valence-corrected chi connectivity index (χ2v) is 8.48. The standard InChI is InChI=1S/C23H19NO4S/c1-15-9-11-16(12-10-15)29(27,28)24-20-14-13-19(17-5-2-3-6-18(17)20)23-21(25)7-4-8-22(23)26/h2-14,24-26H,1H3. The first-order valence-electron chi connectivity index (χ1n) is 8.99. The van der Waals surface area contributed by atoms with E-state index >= 15 is 0 Å². The fourth-order valence-corrected chi connectivity index (χ4v) is 4.41. The van der Waals surface area contributed by atoms with Crippen molar-refractivity contribution >= 4 is 26.5 Å². The second-order valence-electron chi connectivity index (χ2n) is 6.80. The third kappa shape index (κ3) is 3.50. The summed E-state index contributed by atoms with van der Waals surface area (Å²) in [4.78, 5) is 0.176. The molecule has 0 spiro atoms. The molecule has 0 aliphatic heterocycles. The number of benzene rings is 4. The van der Waals surface area contributed by atoms with Crippen LogP contribution in [0.1, 0.15) is 5.56 Å². The van der Waals surface area contributed by atoms with Crippen LogP contribution in [-0.4, -0.2) is 18.6 Å². The Balaban J connectivity index is 1.85. The smallest absolute Gasteiger partial charge is 0.261 e. The lowest BCUT2D eigenvalue weighted by atomic mass is 9.96. The minimum atomic E-state index is -3.76. The summed E-state index contributed by atoms with van der Waals surface area (Å²) in [6, 6.07) is 21.7. The maximum atomic E-state index is 12.8. The summed E-state index contributed by atoms with van der Waals surface area (Å²) in [5.74, 6) is -0.105. The number of anilines is 1. The van der Waals surface area contributed by atoms with Crippen molar-refractivity contribution in [3.63, 3.8) is 0 Å². The van der Waals surface area contributed by atoms with Crippen LogP contribution in [0.2, 0.25) is 0 Å². The molecule has 0 saturated heterocycles. The lowest BCUT2D eigenvalue weighted by molar-refractivity contribution is 0.454. The maximum absolute atomic E-state index is 12.8. The molecule has 0 radical (unpaired) electrons. The summed E-state index contributed by atoms with van der Waals surface area (Å²) in [6.07, 6.45) is 0. The van der Waals surface area contributed by atoms with Gasteiger partial charge in [-0.05, 0) is 48.2 Å². The molecule has 146 valence electrons. The predicted octanol–water partition coefficient (Wildman–Crippen LogP) is 5.03. The van der Waals surface area contributed by atoms with Gasteiger partial charge in [0.1, 0.15) is 11.5 Å². The molecule has 0 unspecified atom stereocenters. The van der Waals surface area contributed by atoms with E-state index in [1.54, 1.807) is 54.6 Å². The molecule has 0 fully saturated rings. The molecule has 0 aromatic heterocycles. The topological polar surface area (TPSA) is 86.6 Å². The SMILES string of the molecule is Cc1ccc(S(=O)(=O)Nc2ccc(-c3c(O)cccc3O)c3ccccc23)cc1. The van der Waals surface area contributed by atoms with Crippen LogP contribution >= 0.6 is 0 Å². The number of aryl methyl sites for hydroxylation is 1. The van der Waals surface area contributed by atoms with Crippen LogP contribution in [0.5, 0.6) is 11.5 Å². The number of phenols is 2. The summed E-state index contributed by atoms with van der Waals surface area (Å²) in [7, 11) is -3.76. The van der Waals surface area contributed by atoms with Gasteiger partial charge < -0.3 is 10.2 Å². The first kappa shape index (κ1) is 18.8. The quantitative estimate of drug-likeness (QED) is 0.445. The van der Waals surface area contributed by atoms with Gasteiger partial charge in [0, 0.05) is 5.39 Å². The van der Waals surface area contributed by atoms with Crippen molar-refractivity contribution in [3.8, 4) is 22.6 Å². The Bertz CT molecular complexity index is 1290. The average Bonchev–Trinajstić information content (AvgIpc) is 2.69. The minimum Gasteiger partial charge on any atom is -0.507 e. The van der Waals surface area contributed by atoms with Crippen molar-refractivity contribution < 1.29 is 18.6 Å². The molecule has 5 nitrogen and oxygen atoms in total. The molecule has 0 heterocycles. The molecule has 0 aliphatic rings. The molecular weight excluding hydrogens is 386 g/mol. The van der Waals surface area contributed by atoms with Gasteiger partial charge in [-0.25, -0.2) is 8.42 Å². The van der Waals surface area contributed by atoms with E-state index in [1.165, 1.54) is 12.1 Å². The molecule has 0 amide bonds. The molecule has 6 heteroatoms. The first-order chi connectivity index (χ1) is 13.9. The molecule has 0 aliphatic carbocycles. The van der Waals surface area contributed by atoms with Gasteiger partial charge in [-0.1, -0.05) is 54.1 Å². The van der Waals surface area contributed by atoms with Gasteiger partial charge in [0.2, 0.25) is 0 Å². The van der Waals surface area contributed by atoms with Gasteiger partial charge in [-0.15, -0.1) is 0 Å². The van der Waals surface area contributed by atoms with Gasteiger partial charge in [0.05, 0.1) is 16.1 Å². The molecule has 0 atom stereocenters. The minimum absolute atomic E-state index is 0.0526. The highest BCUT2D eigenvalue weighted by atomic mass is 32.2. The lowest BCUT2D eigenvalue weighted by Crippen LogP contribution is -2.13. The highest BCUT2D eigenvalue weighted by molar-refractivity contribution is 7.92. The lowest BCUT2D eigenvalue weighted by Gasteiger charge is -2.15. The molecule has 0 bridgehead atoms. The van der Waals surface area contributed by atoms with E-state index in [0.717, 1.165) is 5.56 Å². The van der Waals surface area contributed by atoms with E-state index in [9.17, 15) is 18.6 Å². The summed E-state index contributed by atoms with van der Waals surface area (Å²) < 4.78 is 28.3.